The Morgan fingerprint density at radius 1 is 1.85 bits per heavy atom. The van der Waals surface area contributed by atoms with Gasteiger partial charge in [-0.05, 0) is 13.8 Å². The molecule has 0 saturated carbocycles. The van der Waals surface area contributed by atoms with Crippen LogP contribution in [-0.2, 0) is 0 Å². The standard InChI is InChI=1S/C8H11ClN2OS/c1-5(3-9)11-8(12)7-6(2)10-4-13-7/h4-5H,3H2,1-2H3,(H,11,12). The van der Waals surface area contributed by atoms with E-state index >= 15 is 0 Å². The molecule has 0 aliphatic carbocycles. The molecule has 1 aromatic heterocycles. The Balaban J connectivity index is 2.64. The molecule has 1 aromatic rings. The van der Waals surface area contributed by atoms with Crippen molar-refractivity contribution in [3.63, 3.8) is 0 Å². The van der Waals surface area contributed by atoms with Crippen LogP contribution in [0.1, 0.15) is 22.3 Å². The summed E-state index contributed by atoms with van der Waals surface area (Å²) >= 11 is 6.91. The Hall–Kier alpha value is -0.610. The monoisotopic (exact) mass is 218 g/mol. The molecule has 13 heavy (non-hydrogen) atoms. The second kappa shape index (κ2) is 4.58. The van der Waals surface area contributed by atoms with E-state index < -0.39 is 0 Å². The minimum atomic E-state index is -0.0897. The third kappa shape index (κ3) is 2.67. The molecule has 0 aliphatic heterocycles. The predicted octanol–water partition coefficient (Wildman–Crippen LogP) is 1.81. The zero-order valence-electron chi connectivity index (χ0n) is 7.50. The zero-order chi connectivity index (χ0) is 9.84. The molecule has 0 bridgehead atoms. The highest BCUT2D eigenvalue weighted by Gasteiger charge is 2.13. The van der Waals surface area contributed by atoms with Crippen LogP contribution < -0.4 is 5.32 Å². The van der Waals surface area contributed by atoms with E-state index in [1.54, 1.807) is 5.51 Å². The number of aryl methyl sites for hydroxylation is 1. The van der Waals surface area contributed by atoms with Crippen LogP contribution in [0.4, 0.5) is 0 Å². The van der Waals surface area contributed by atoms with Gasteiger partial charge in [-0.25, -0.2) is 4.98 Å². The van der Waals surface area contributed by atoms with Gasteiger partial charge < -0.3 is 5.32 Å². The van der Waals surface area contributed by atoms with E-state index in [0.717, 1.165) is 5.69 Å². The first-order valence-corrected chi connectivity index (χ1v) is 5.33. The van der Waals surface area contributed by atoms with Gasteiger partial charge in [-0.15, -0.1) is 22.9 Å². The first kappa shape index (κ1) is 10.5. The molecular weight excluding hydrogens is 208 g/mol. The van der Waals surface area contributed by atoms with E-state index in [2.05, 4.69) is 10.3 Å². The highest BCUT2D eigenvalue weighted by Crippen LogP contribution is 2.11. The molecule has 0 aliphatic rings. The maximum atomic E-state index is 11.5. The molecule has 1 N–H and O–H groups in total. The summed E-state index contributed by atoms with van der Waals surface area (Å²) in [5.74, 6) is 0.331. The third-order valence-electron chi connectivity index (χ3n) is 1.56. The quantitative estimate of drug-likeness (QED) is 0.787. The Morgan fingerprint density at radius 3 is 3.00 bits per heavy atom. The van der Waals surface area contributed by atoms with Gasteiger partial charge in [-0.1, -0.05) is 0 Å². The molecule has 5 heteroatoms. The lowest BCUT2D eigenvalue weighted by Gasteiger charge is -2.08. The number of halogens is 1. The minimum absolute atomic E-state index is 0.00401. The second-order valence-electron chi connectivity index (χ2n) is 2.80. The topological polar surface area (TPSA) is 42.0 Å². The van der Waals surface area contributed by atoms with Crippen molar-refractivity contribution in [1.29, 1.82) is 0 Å². The number of hydrogen-bond acceptors (Lipinski definition) is 3. The van der Waals surface area contributed by atoms with Gasteiger partial charge in [0.1, 0.15) is 4.88 Å². The molecule has 0 radical (unpaired) electrons. The molecule has 0 spiro atoms. The number of carbonyl (C=O) groups is 1. The summed E-state index contributed by atoms with van der Waals surface area (Å²) in [6.45, 7) is 3.68. The molecule has 0 aromatic carbocycles. The average molecular weight is 219 g/mol. The second-order valence-corrected chi connectivity index (χ2v) is 3.96. The van der Waals surface area contributed by atoms with Crippen molar-refractivity contribution in [1.82, 2.24) is 10.3 Å². The van der Waals surface area contributed by atoms with Gasteiger partial charge in [0.2, 0.25) is 0 Å². The molecule has 0 fully saturated rings. The van der Waals surface area contributed by atoms with Crippen LogP contribution in [-0.4, -0.2) is 22.8 Å². The number of nitrogens with zero attached hydrogens (tertiary/aromatic N) is 1. The summed E-state index contributed by atoms with van der Waals surface area (Å²) in [7, 11) is 0. The van der Waals surface area contributed by atoms with E-state index in [1.165, 1.54) is 11.3 Å². The van der Waals surface area contributed by atoms with Gasteiger partial charge in [0.05, 0.1) is 11.2 Å². The van der Waals surface area contributed by atoms with E-state index in [4.69, 9.17) is 11.6 Å². The predicted molar refractivity (Wildman–Crippen MR) is 54.5 cm³/mol. The van der Waals surface area contributed by atoms with Crippen LogP contribution in [0.3, 0.4) is 0 Å². The Bertz CT molecular complexity index is 300. The lowest BCUT2D eigenvalue weighted by atomic mass is 10.3. The fraction of sp³-hybridized carbons (Fsp3) is 0.500. The van der Waals surface area contributed by atoms with Crippen molar-refractivity contribution >= 4 is 28.8 Å². The minimum Gasteiger partial charge on any atom is -0.348 e. The first-order chi connectivity index (χ1) is 6.15. The highest BCUT2D eigenvalue weighted by atomic mass is 35.5. The summed E-state index contributed by atoms with van der Waals surface area (Å²) in [6, 6.07) is -0.00401. The van der Waals surface area contributed by atoms with Crippen molar-refractivity contribution < 1.29 is 4.79 Å². The normalized spacial score (nSPS) is 12.5. The number of hydrogen-bond donors (Lipinski definition) is 1. The Kier molecular flexibility index (Phi) is 3.69. The Labute approximate surface area is 86.1 Å². The molecular formula is C8H11ClN2OS. The van der Waals surface area contributed by atoms with Crippen LogP contribution in [0.15, 0.2) is 5.51 Å². The van der Waals surface area contributed by atoms with Gasteiger partial charge >= 0.3 is 0 Å². The van der Waals surface area contributed by atoms with Gasteiger partial charge in [-0.3, -0.25) is 4.79 Å². The van der Waals surface area contributed by atoms with Crippen molar-refractivity contribution in [2.45, 2.75) is 19.9 Å². The molecule has 1 unspecified atom stereocenters. The fourth-order valence-electron chi connectivity index (χ4n) is 0.848. The van der Waals surface area contributed by atoms with Crippen molar-refractivity contribution in [3.8, 4) is 0 Å². The largest absolute Gasteiger partial charge is 0.348 e. The van der Waals surface area contributed by atoms with Crippen LogP contribution in [0.2, 0.25) is 0 Å². The van der Waals surface area contributed by atoms with Crippen LogP contribution >= 0.6 is 22.9 Å². The van der Waals surface area contributed by atoms with Crippen LogP contribution in [0.25, 0.3) is 0 Å². The number of nitrogens with one attached hydrogen (secondary N) is 1. The van der Waals surface area contributed by atoms with Crippen LogP contribution in [0, 0.1) is 6.92 Å². The summed E-state index contributed by atoms with van der Waals surface area (Å²) in [4.78, 5) is 16.2. The Morgan fingerprint density at radius 2 is 2.54 bits per heavy atom. The van der Waals surface area contributed by atoms with Gasteiger partial charge in [-0.2, -0.15) is 0 Å². The molecule has 1 heterocycles. The number of alkyl halides is 1. The molecule has 72 valence electrons. The van der Waals surface area contributed by atoms with Gasteiger partial charge in [0.15, 0.2) is 0 Å². The smallest absolute Gasteiger partial charge is 0.263 e. The van der Waals surface area contributed by atoms with E-state index in [9.17, 15) is 4.79 Å². The SMILES string of the molecule is Cc1ncsc1C(=O)NC(C)CCl. The third-order valence-corrected chi connectivity index (χ3v) is 2.95. The van der Waals surface area contributed by atoms with E-state index in [1.807, 2.05) is 13.8 Å². The van der Waals surface area contributed by atoms with Crippen molar-refractivity contribution in [3.05, 3.63) is 16.1 Å². The highest BCUT2D eigenvalue weighted by molar-refractivity contribution is 7.11. The average Bonchev–Trinajstić information content (AvgIpc) is 2.51. The van der Waals surface area contributed by atoms with Gasteiger partial charge in [0.25, 0.3) is 5.91 Å². The molecule has 1 rings (SSSR count). The zero-order valence-corrected chi connectivity index (χ0v) is 9.08. The number of carbonyl (C=O) groups excluding carboxylic acids is 1. The molecule has 1 atom stereocenters. The first-order valence-electron chi connectivity index (χ1n) is 3.92. The van der Waals surface area contributed by atoms with Crippen LogP contribution in [0.5, 0.6) is 0 Å². The molecule has 1 amide bonds. The lowest BCUT2D eigenvalue weighted by Crippen LogP contribution is -2.33. The maximum Gasteiger partial charge on any atom is 0.263 e. The number of aromatic nitrogens is 1. The summed E-state index contributed by atoms with van der Waals surface area (Å²) in [5, 5.41) is 2.77. The molecule has 0 saturated heterocycles. The van der Waals surface area contributed by atoms with E-state index in [-0.39, 0.29) is 11.9 Å². The van der Waals surface area contributed by atoms with Crippen molar-refractivity contribution in [2.24, 2.45) is 0 Å². The van der Waals surface area contributed by atoms with Gasteiger partial charge in [0, 0.05) is 11.9 Å². The number of amides is 1. The fourth-order valence-corrected chi connectivity index (χ4v) is 1.63. The number of thiazole rings is 1. The maximum absolute atomic E-state index is 11.5. The summed E-state index contributed by atoms with van der Waals surface area (Å²) in [6.07, 6.45) is 0. The summed E-state index contributed by atoms with van der Waals surface area (Å²) in [5.41, 5.74) is 2.43. The van der Waals surface area contributed by atoms with E-state index in [0.29, 0.717) is 10.8 Å². The van der Waals surface area contributed by atoms with Crippen molar-refractivity contribution in [2.75, 3.05) is 5.88 Å². The molecule has 3 nitrogen and oxygen atoms in total. The number of rotatable bonds is 3. The summed E-state index contributed by atoms with van der Waals surface area (Å²) < 4.78 is 0. The lowest BCUT2D eigenvalue weighted by molar-refractivity contribution is 0.0947.